The number of hydrogen-bond donors (Lipinski definition) is 2. The van der Waals surface area contributed by atoms with E-state index < -0.39 is 10.5 Å². The quantitative estimate of drug-likeness (QED) is 0.437. The molecule has 74 valence electrons. The molecule has 2 rings (SSSR count). The Morgan fingerprint density at radius 1 is 1.14 bits per heavy atom. The molecule has 0 saturated heterocycles. The van der Waals surface area contributed by atoms with Crippen molar-refractivity contribution in [3.63, 3.8) is 0 Å². The van der Waals surface area contributed by atoms with Gasteiger partial charge in [0.25, 0.3) is 0 Å². The van der Waals surface area contributed by atoms with E-state index in [0.29, 0.717) is 0 Å². The van der Waals surface area contributed by atoms with E-state index in [1.54, 1.807) is 23.5 Å². The van der Waals surface area contributed by atoms with E-state index in [-0.39, 0.29) is 0 Å². The third kappa shape index (κ3) is 1.77. The highest BCUT2D eigenvalue weighted by Gasteiger charge is 2.28. The first-order valence-electron chi connectivity index (χ1n) is 4.22. The van der Waals surface area contributed by atoms with Crippen molar-refractivity contribution in [3.05, 3.63) is 46.7 Å². The van der Waals surface area contributed by atoms with Gasteiger partial charge in [0.2, 0.25) is 0 Å². The Morgan fingerprint density at radius 3 is 2.29 bits per heavy atom. The molecule has 0 aliphatic heterocycles. The van der Waals surface area contributed by atoms with Gasteiger partial charge in [-0.3, -0.25) is 0 Å². The van der Waals surface area contributed by atoms with Crippen LogP contribution >= 0.6 is 22.9 Å². The average Bonchev–Trinajstić information content (AvgIpc) is 2.64. The minimum atomic E-state index is -0.890. The average molecular weight is 227 g/mol. The van der Waals surface area contributed by atoms with Crippen LogP contribution in [-0.2, 0) is 5.54 Å². The second kappa shape index (κ2) is 3.21. The highest BCUT2D eigenvalue weighted by atomic mass is 35.5. The number of alkyl halides is 1. The Hall–Kier alpha value is -0.610. The van der Waals surface area contributed by atoms with Gasteiger partial charge < -0.3 is 11.5 Å². The highest BCUT2D eigenvalue weighted by Crippen LogP contribution is 2.30. The van der Waals surface area contributed by atoms with Crippen LogP contribution in [0.1, 0.15) is 5.56 Å². The topological polar surface area (TPSA) is 52.0 Å². The summed E-state index contributed by atoms with van der Waals surface area (Å²) in [6.45, 7) is 0. The fraction of sp³-hybridized carbons (Fsp3) is 0.200. The molecule has 4 N–H and O–H groups in total. The Bertz CT molecular complexity index is 363. The van der Waals surface area contributed by atoms with Crippen LogP contribution in [0.2, 0.25) is 0 Å². The molecule has 14 heavy (non-hydrogen) atoms. The molecule has 0 fully saturated rings. The smallest absolute Gasteiger partial charge is 0.128 e. The Kier molecular flexibility index (Phi) is 2.27. The van der Waals surface area contributed by atoms with E-state index >= 15 is 0 Å². The number of nitrogens with two attached hydrogens (primary N) is 2. The third-order valence-corrected chi connectivity index (χ3v) is 3.19. The summed E-state index contributed by atoms with van der Waals surface area (Å²) in [6, 6.07) is 2.00. The van der Waals surface area contributed by atoms with Crippen molar-refractivity contribution in [2.45, 2.75) is 10.5 Å². The Morgan fingerprint density at radius 2 is 1.79 bits per heavy atom. The lowest BCUT2D eigenvalue weighted by Crippen LogP contribution is -2.39. The summed E-state index contributed by atoms with van der Waals surface area (Å²) in [4.78, 5) is -0.890. The molecule has 1 heterocycles. The minimum absolute atomic E-state index is 0.558. The molecular weight excluding hydrogens is 216 g/mol. The van der Waals surface area contributed by atoms with Crippen molar-refractivity contribution in [1.82, 2.24) is 0 Å². The molecule has 0 unspecified atom stereocenters. The predicted octanol–water partition coefficient (Wildman–Crippen LogP) is 1.92. The van der Waals surface area contributed by atoms with Crippen molar-refractivity contribution in [2.75, 3.05) is 0 Å². The molecule has 0 atom stereocenters. The molecular formula is C10H11ClN2S. The van der Waals surface area contributed by atoms with Crippen LogP contribution in [0.5, 0.6) is 0 Å². The molecule has 4 heteroatoms. The minimum Gasteiger partial charge on any atom is -0.315 e. The van der Waals surface area contributed by atoms with E-state index in [1.165, 1.54) is 0 Å². The van der Waals surface area contributed by atoms with E-state index in [9.17, 15) is 0 Å². The molecule has 1 aromatic heterocycles. The van der Waals surface area contributed by atoms with Gasteiger partial charge in [-0.2, -0.15) is 11.3 Å². The number of hydrogen-bond acceptors (Lipinski definition) is 3. The van der Waals surface area contributed by atoms with Crippen molar-refractivity contribution in [1.29, 1.82) is 0 Å². The summed E-state index contributed by atoms with van der Waals surface area (Å²) in [7, 11) is 0. The number of rotatable bonds is 1. The van der Waals surface area contributed by atoms with E-state index in [4.69, 9.17) is 23.1 Å². The van der Waals surface area contributed by atoms with Gasteiger partial charge in [0, 0.05) is 0 Å². The third-order valence-electron chi connectivity index (χ3n) is 2.25. The molecule has 0 bridgehead atoms. The van der Waals surface area contributed by atoms with Gasteiger partial charge in [-0.25, -0.2) is 0 Å². The lowest BCUT2D eigenvalue weighted by molar-refractivity contribution is 0.682. The summed E-state index contributed by atoms with van der Waals surface area (Å²) in [5.74, 6) is 0. The lowest BCUT2D eigenvalue weighted by Gasteiger charge is -2.28. The summed E-state index contributed by atoms with van der Waals surface area (Å²) in [6.07, 6.45) is 7.10. The first kappa shape index (κ1) is 9.93. The number of thiophene rings is 1. The number of halogens is 1. The molecule has 2 nitrogen and oxygen atoms in total. The van der Waals surface area contributed by atoms with Crippen molar-refractivity contribution in [3.8, 4) is 0 Å². The van der Waals surface area contributed by atoms with Crippen LogP contribution in [0.3, 0.4) is 0 Å². The van der Waals surface area contributed by atoms with Crippen molar-refractivity contribution >= 4 is 22.9 Å². The van der Waals surface area contributed by atoms with E-state index in [2.05, 4.69) is 0 Å². The molecule has 1 aliphatic carbocycles. The molecule has 0 radical (unpaired) electrons. The summed E-state index contributed by atoms with van der Waals surface area (Å²) in [5, 5.41) is 4.02. The highest BCUT2D eigenvalue weighted by molar-refractivity contribution is 7.08. The molecule has 0 spiro atoms. The first-order chi connectivity index (χ1) is 6.52. The normalized spacial score (nSPS) is 36.2. The lowest BCUT2D eigenvalue weighted by atomic mass is 9.88. The van der Waals surface area contributed by atoms with Crippen LogP contribution in [0, 0.1) is 0 Å². The van der Waals surface area contributed by atoms with Gasteiger partial charge in [0.15, 0.2) is 0 Å². The molecule has 0 aromatic carbocycles. The largest absolute Gasteiger partial charge is 0.315 e. The van der Waals surface area contributed by atoms with Gasteiger partial charge >= 0.3 is 0 Å². The van der Waals surface area contributed by atoms with E-state index in [1.807, 2.05) is 29.0 Å². The fourth-order valence-corrected chi connectivity index (χ4v) is 2.20. The fourth-order valence-electron chi connectivity index (χ4n) is 1.35. The second-order valence-electron chi connectivity index (χ2n) is 3.44. The van der Waals surface area contributed by atoms with Crippen LogP contribution < -0.4 is 11.5 Å². The Labute approximate surface area is 91.9 Å². The first-order valence-corrected chi connectivity index (χ1v) is 5.54. The molecule has 0 saturated carbocycles. The summed E-state index contributed by atoms with van der Waals surface area (Å²) < 4.78 is 0. The molecule has 0 amide bonds. The zero-order chi connectivity index (χ0) is 10.2. The monoisotopic (exact) mass is 226 g/mol. The van der Waals surface area contributed by atoms with Crippen LogP contribution in [-0.4, -0.2) is 5.00 Å². The molecule has 1 aromatic rings. The zero-order valence-corrected chi connectivity index (χ0v) is 9.05. The maximum atomic E-state index is 6.16. The summed E-state index contributed by atoms with van der Waals surface area (Å²) >= 11 is 7.53. The van der Waals surface area contributed by atoms with E-state index in [0.717, 1.165) is 5.56 Å². The van der Waals surface area contributed by atoms with Crippen LogP contribution in [0.15, 0.2) is 41.1 Å². The van der Waals surface area contributed by atoms with Crippen molar-refractivity contribution < 1.29 is 0 Å². The zero-order valence-electron chi connectivity index (χ0n) is 7.48. The maximum absolute atomic E-state index is 6.16. The maximum Gasteiger partial charge on any atom is 0.128 e. The Balaban J connectivity index is 2.34. The second-order valence-corrected chi connectivity index (χ2v) is 4.87. The summed E-state index contributed by atoms with van der Waals surface area (Å²) in [5.41, 5.74) is 12.4. The molecule has 1 aliphatic rings. The van der Waals surface area contributed by atoms with Gasteiger partial charge in [-0.05, 0) is 34.5 Å². The predicted molar refractivity (Wildman–Crippen MR) is 61.2 cm³/mol. The standard InChI is InChI=1S/C10H11ClN2S/c11-10(13)4-2-9(12,3-5-10)8-1-6-14-7-8/h1-7H,12-13H2. The van der Waals surface area contributed by atoms with Gasteiger partial charge in [0.1, 0.15) is 5.00 Å². The van der Waals surface area contributed by atoms with Crippen LogP contribution in [0.4, 0.5) is 0 Å². The van der Waals surface area contributed by atoms with Gasteiger partial charge in [-0.1, -0.05) is 23.8 Å². The van der Waals surface area contributed by atoms with Crippen LogP contribution in [0.25, 0.3) is 0 Å². The SMILES string of the molecule is NC1(Cl)C=CC(N)(c2ccsc2)C=C1. The van der Waals surface area contributed by atoms with Gasteiger partial charge in [0.05, 0.1) is 5.54 Å². The van der Waals surface area contributed by atoms with Gasteiger partial charge in [-0.15, -0.1) is 0 Å². The van der Waals surface area contributed by atoms with Crippen molar-refractivity contribution in [2.24, 2.45) is 11.5 Å².